The van der Waals surface area contributed by atoms with Gasteiger partial charge in [0.25, 0.3) is 0 Å². The van der Waals surface area contributed by atoms with Crippen molar-refractivity contribution in [2.24, 2.45) is 0 Å². The molecule has 0 amide bonds. The summed E-state index contributed by atoms with van der Waals surface area (Å²) in [6.45, 7) is 2.53. The van der Waals surface area contributed by atoms with Crippen LogP contribution in [0.5, 0.6) is 0 Å². The lowest BCUT2D eigenvalue weighted by Gasteiger charge is -2.12. The molecule has 0 bridgehead atoms. The number of aromatic nitrogens is 3. The number of halogens is 1. The average molecular weight is 232 g/mol. The largest absolute Gasteiger partial charge is 0.383 e. The number of anilines is 2. The predicted octanol–water partition coefficient (Wildman–Crippen LogP) is 1.01. The van der Waals surface area contributed by atoms with Gasteiger partial charge in [0.1, 0.15) is 0 Å². The van der Waals surface area contributed by atoms with E-state index in [1.165, 1.54) is 0 Å². The van der Waals surface area contributed by atoms with Gasteiger partial charge in [0.05, 0.1) is 6.61 Å². The summed E-state index contributed by atoms with van der Waals surface area (Å²) in [6.07, 6.45) is 0. The van der Waals surface area contributed by atoms with E-state index in [2.05, 4.69) is 25.6 Å². The smallest absolute Gasteiger partial charge is 0.229 e. The summed E-state index contributed by atoms with van der Waals surface area (Å²) in [5.41, 5.74) is 0. The van der Waals surface area contributed by atoms with Gasteiger partial charge in [-0.2, -0.15) is 15.0 Å². The molecule has 0 radical (unpaired) electrons. The van der Waals surface area contributed by atoms with E-state index in [1.54, 1.807) is 14.2 Å². The quantitative estimate of drug-likeness (QED) is 0.788. The van der Waals surface area contributed by atoms with E-state index >= 15 is 0 Å². The average Bonchev–Trinajstić information content (AvgIpc) is 2.17. The molecule has 0 aliphatic heterocycles. The molecule has 84 valence electrons. The van der Waals surface area contributed by atoms with Crippen molar-refractivity contribution < 1.29 is 4.74 Å². The first-order valence-corrected chi connectivity index (χ1v) is 4.88. The van der Waals surface area contributed by atoms with Crippen molar-refractivity contribution in [2.75, 3.05) is 31.4 Å². The third kappa shape index (κ3) is 3.85. The van der Waals surface area contributed by atoms with E-state index < -0.39 is 0 Å². The monoisotopic (exact) mass is 231 g/mol. The summed E-state index contributed by atoms with van der Waals surface area (Å²) < 4.78 is 4.98. The highest BCUT2D eigenvalue weighted by molar-refractivity contribution is 6.28. The lowest BCUT2D eigenvalue weighted by Crippen LogP contribution is -2.22. The Kier molecular flexibility index (Phi) is 4.51. The van der Waals surface area contributed by atoms with Gasteiger partial charge >= 0.3 is 0 Å². The molecule has 15 heavy (non-hydrogen) atoms. The minimum absolute atomic E-state index is 0.109. The molecule has 1 aromatic heterocycles. The molecule has 1 heterocycles. The van der Waals surface area contributed by atoms with E-state index in [9.17, 15) is 0 Å². The summed E-state index contributed by atoms with van der Waals surface area (Å²) in [6, 6.07) is 0.109. The molecule has 1 unspecified atom stereocenters. The SMILES string of the molecule is CNc1nc(Cl)nc(NC(C)COC)n1. The second kappa shape index (κ2) is 5.67. The van der Waals surface area contributed by atoms with Crippen molar-refractivity contribution in [3.05, 3.63) is 5.28 Å². The lowest BCUT2D eigenvalue weighted by molar-refractivity contribution is 0.190. The molecule has 0 aliphatic carbocycles. The second-order valence-corrected chi connectivity index (χ2v) is 3.34. The van der Waals surface area contributed by atoms with Crippen LogP contribution in [0.2, 0.25) is 5.28 Å². The molecule has 6 nitrogen and oxygen atoms in total. The summed E-state index contributed by atoms with van der Waals surface area (Å²) in [5, 5.41) is 6.00. The summed E-state index contributed by atoms with van der Waals surface area (Å²) in [4.78, 5) is 11.9. The summed E-state index contributed by atoms with van der Waals surface area (Å²) in [5.74, 6) is 0.867. The molecule has 0 spiro atoms. The fourth-order valence-corrected chi connectivity index (χ4v) is 1.20. The van der Waals surface area contributed by atoms with Gasteiger partial charge in [-0.05, 0) is 18.5 Å². The Balaban J connectivity index is 2.71. The minimum atomic E-state index is 0.109. The molecule has 2 N–H and O–H groups in total. The van der Waals surface area contributed by atoms with Crippen LogP contribution in [0.4, 0.5) is 11.9 Å². The number of nitrogens with one attached hydrogen (secondary N) is 2. The highest BCUT2D eigenvalue weighted by Gasteiger charge is 2.06. The van der Waals surface area contributed by atoms with Crippen LogP contribution in [-0.2, 0) is 4.74 Å². The molecule has 7 heteroatoms. The zero-order valence-corrected chi connectivity index (χ0v) is 9.67. The molecule has 1 atom stereocenters. The standard InChI is InChI=1S/C8H14ClN5O/c1-5(4-15-3)11-8-13-6(9)12-7(10-2)14-8/h5H,4H2,1-3H3,(H2,10,11,12,13,14). The van der Waals surface area contributed by atoms with Crippen molar-refractivity contribution >= 4 is 23.5 Å². The van der Waals surface area contributed by atoms with Gasteiger partial charge in [-0.15, -0.1) is 0 Å². The van der Waals surface area contributed by atoms with Crippen molar-refractivity contribution in [1.82, 2.24) is 15.0 Å². The Morgan fingerprint density at radius 2 is 2.00 bits per heavy atom. The van der Waals surface area contributed by atoms with Crippen LogP contribution < -0.4 is 10.6 Å². The molecular formula is C8H14ClN5O. The Morgan fingerprint density at radius 1 is 1.33 bits per heavy atom. The number of hydrogen-bond donors (Lipinski definition) is 2. The highest BCUT2D eigenvalue weighted by atomic mass is 35.5. The van der Waals surface area contributed by atoms with Crippen LogP contribution >= 0.6 is 11.6 Å². The fraction of sp³-hybridized carbons (Fsp3) is 0.625. The van der Waals surface area contributed by atoms with Crippen LogP contribution in [0.15, 0.2) is 0 Å². The number of nitrogens with zero attached hydrogens (tertiary/aromatic N) is 3. The minimum Gasteiger partial charge on any atom is -0.383 e. The van der Waals surface area contributed by atoms with Gasteiger partial charge in [0.15, 0.2) is 0 Å². The van der Waals surface area contributed by atoms with Crippen molar-refractivity contribution in [3.63, 3.8) is 0 Å². The van der Waals surface area contributed by atoms with E-state index in [1.807, 2.05) is 6.92 Å². The number of hydrogen-bond acceptors (Lipinski definition) is 6. The summed E-state index contributed by atoms with van der Waals surface area (Å²) in [7, 11) is 3.35. The molecule has 1 rings (SSSR count). The van der Waals surface area contributed by atoms with E-state index in [4.69, 9.17) is 16.3 Å². The lowest BCUT2D eigenvalue weighted by atomic mass is 10.4. The predicted molar refractivity (Wildman–Crippen MR) is 59.3 cm³/mol. The number of ether oxygens (including phenoxy) is 1. The first-order chi connectivity index (χ1) is 7.15. The Hall–Kier alpha value is -1.14. The third-order valence-electron chi connectivity index (χ3n) is 1.62. The van der Waals surface area contributed by atoms with Crippen LogP contribution in [-0.4, -0.2) is 41.8 Å². The van der Waals surface area contributed by atoms with Crippen LogP contribution in [0.1, 0.15) is 6.92 Å². The van der Waals surface area contributed by atoms with E-state index in [0.29, 0.717) is 18.5 Å². The second-order valence-electron chi connectivity index (χ2n) is 3.00. The summed E-state index contributed by atoms with van der Waals surface area (Å²) >= 11 is 5.72. The number of methoxy groups -OCH3 is 1. The normalized spacial score (nSPS) is 12.3. The molecular weight excluding hydrogens is 218 g/mol. The van der Waals surface area contributed by atoms with Gasteiger partial charge in [0, 0.05) is 20.2 Å². The maximum Gasteiger partial charge on any atom is 0.229 e. The molecule has 0 saturated heterocycles. The van der Waals surface area contributed by atoms with Gasteiger partial charge < -0.3 is 15.4 Å². The molecule has 0 aromatic carbocycles. The first-order valence-electron chi connectivity index (χ1n) is 4.50. The zero-order chi connectivity index (χ0) is 11.3. The highest BCUT2D eigenvalue weighted by Crippen LogP contribution is 2.09. The fourth-order valence-electron chi connectivity index (χ4n) is 1.04. The Bertz CT molecular complexity index is 322. The van der Waals surface area contributed by atoms with Crippen molar-refractivity contribution in [3.8, 4) is 0 Å². The van der Waals surface area contributed by atoms with Crippen LogP contribution in [0, 0.1) is 0 Å². The molecule has 0 fully saturated rings. The van der Waals surface area contributed by atoms with Crippen LogP contribution in [0.25, 0.3) is 0 Å². The van der Waals surface area contributed by atoms with Gasteiger partial charge in [-0.1, -0.05) is 0 Å². The van der Waals surface area contributed by atoms with Crippen molar-refractivity contribution in [2.45, 2.75) is 13.0 Å². The number of rotatable bonds is 5. The molecule has 0 saturated carbocycles. The maximum atomic E-state index is 5.72. The Labute approximate surface area is 93.4 Å². The van der Waals surface area contributed by atoms with E-state index in [-0.39, 0.29) is 11.3 Å². The third-order valence-corrected chi connectivity index (χ3v) is 1.79. The topological polar surface area (TPSA) is 72.0 Å². The van der Waals surface area contributed by atoms with Crippen LogP contribution in [0.3, 0.4) is 0 Å². The van der Waals surface area contributed by atoms with E-state index in [0.717, 1.165) is 0 Å². The maximum absolute atomic E-state index is 5.72. The molecule has 0 aliphatic rings. The Morgan fingerprint density at radius 3 is 2.60 bits per heavy atom. The zero-order valence-electron chi connectivity index (χ0n) is 8.91. The van der Waals surface area contributed by atoms with Gasteiger partial charge in [0.2, 0.25) is 17.2 Å². The van der Waals surface area contributed by atoms with Gasteiger partial charge in [-0.3, -0.25) is 0 Å². The van der Waals surface area contributed by atoms with Gasteiger partial charge in [-0.25, -0.2) is 0 Å². The molecule has 1 aromatic rings. The first kappa shape index (κ1) is 11.9. The van der Waals surface area contributed by atoms with Crippen molar-refractivity contribution in [1.29, 1.82) is 0 Å².